The average Bonchev–Trinajstić information content (AvgIpc) is 3.67. The highest BCUT2D eigenvalue weighted by molar-refractivity contribution is 6.12. The Bertz CT molecular complexity index is 3400. The van der Waals surface area contributed by atoms with Crippen molar-refractivity contribution in [2.45, 2.75) is 13.1 Å². The molecule has 0 saturated heterocycles. The van der Waals surface area contributed by atoms with Gasteiger partial charge in [0.15, 0.2) is 11.5 Å². The van der Waals surface area contributed by atoms with Gasteiger partial charge in [-0.3, -0.25) is 0 Å². The molecule has 0 bridgehead atoms. The minimum atomic E-state index is -4.53. The molecule has 0 spiro atoms. The quantitative estimate of drug-likeness (QED) is 0.150. The van der Waals surface area contributed by atoms with Gasteiger partial charge >= 0.3 is 6.18 Å². The van der Waals surface area contributed by atoms with Crippen molar-refractivity contribution in [3.63, 3.8) is 0 Å². The Morgan fingerprint density at radius 2 is 1.09 bits per heavy atom. The third-order valence-electron chi connectivity index (χ3n) is 11.5. The number of aromatic nitrogens is 3. The number of benzene rings is 8. The van der Waals surface area contributed by atoms with Crippen molar-refractivity contribution in [1.82, 2.24) is 14.5 Å². The van der Waals surface area contributed by atoms with E-state index >= 15 is 0 Å². The predicted molar refractivity (Wildman–Crippen MR) is 250 cm³/mol. The summed E-state index contributed by atoms with van der Waals surface area (Å²) in [5.41, 5.74) is 12.1. The fraction of sp³-hybridized carbons (Fsp3) is 0.0357. The van der Waals surface area contributed by atoms with Crippen molar-refractivity contribution >= 4 is 27.5 Å². The molecule has 2 heterocycles. The van der Waals surface area contributed by atoms with Crippen molar-refractivity contribution in [3.05, 3.63) is 216 Å². The third-order valence-corrected chi connectivity index (χ3v) is 11.5. The van der Waals surface area contributed by atoms with E-state index in [1.165, 1.54) is 12.1 Å². The number of aryl methyl sites for hydroxylation is 1. The Morgan fingerprint density at radius 3 is 1.69 bits per heavy atom. The van der Waals surface area contributed by atoms with Gasteiger partial charge in [-0.25, -0.2) is 14.8 Å². The maximum atomic E-state index is 14.1. The summed E-state index contributed by atoms with van der Waals surface area (Å²) in [7, 11) is 0. The molecule has 0 N–H and O–H groups in total. The number of hydrogen-bond acceptors (Lipinski definition) is 3. The van der Waals surface area contributed by atoms with Crippen molar-refractivity contribution in [2.75, 3.05) is 0 Å². The smallest absolute Gasteiger partial charge is 0.308 e. The summed E-state index contributed by atoms with van der Waals surface area (Å²) in [4.78, 5) is 14.0. The molecule has 0 fully saturated rings. The maximum Gasteiger partial charge on any atom is 0.416 e. The van der Waals surface area contributed by atoms with E-state index in [1.54, 1.807) is 18.2 Å². The third kappa shape index (κ3) is 7.34. The molecule has 304 valence electrons. The lowest BCUT2D eigenvalue weighted by molar-refractivity contribution is -0.137. The molecule has 0 radical (unpaired) electrons. The van der Waals surface area contributed by atoms with Crippen LogP contribution in [0.25, 0.3) is 99.6 Å². The molecular weight excluding hydrogens is 800 g/mol. The molecule has 0 unspecified atom stereocenters. The number of rotatable bonds is 7. The molecule has 64 heavy (non-hydrogen) atoms. The highest BCUT2D eigenvalue weighted by Gasteiger charge is 2.30. The zero-order chi connectivity index (χ0) is 44.0. The molecule has 0 aliphatic rings. The second-order valence-electron chi connectivity index (χ2n) is 15.6. The molecule has 2 aromatic heterocycles. The molecule has 0 amide bonds. The minimum Gasteiger partial charge on any atom is -0.308 e. The van der Waals surface area contributed by atoms with Gasteiger partial charge in [0.25, 0.3) is 0 Å². The summed E-state index contributed by atoms with van der Waals surface area (Å²) in [5.74, 6) is 0.457. The van der Waals surface area contributed by atoms with Crippen LogP contribution in [-0.4, -0.2) is 14.5 Å². The number of para-hydroxylation sites is 1. The molecular formula is C56H34F3N5. The normalized spacial score (nSPS) is 11.4. The number of nitrogens with zero attached hydrogens (tertiary/aromatic N) is 5. The van der Waals surface area contributed by atoms with Crippen LogP contribution in [0.4, 0.5) is 18.9 Å². The fourth-order valence-electron chi connectivity index (χ4n) is 8.41. The van der Waals surface area contributed by atoms with Crippen molar-refractivity contribution in [1.29, 1.82) is 5.26 Å². The highest BCUT2D eigenvalue weighted by Crippen LogP contribution is 2.45. The molecule has 0 aliphatic carbocycles. The SMILES string of the molecule is [C-]#[N+]c1cc(C#N)cc(-c2ccc3c(c2)c2ccccc2n3-c2c(-c3ccc(C)cc3)cc(-c3nc(-c4ccccc4)cc(-c4ccccc4)n3)cc2-c2ccc(C(F)(F)F)cc2)c1. The number of halogens is 3. The van der Waals surface area contributed by atoms with Gasteiger partial charge in [0.2, 0.25) is 0 Å². The van der Waals surface area contributed by atoms with Crippen LogP contribution in [0.3, 0.4) is 0 Å². The van der Waals surface area contributed by atoms with Gasteiger partial charge in [0.1, 0.15) is 0 Å². The molecule has 0 aliphatic heterocycles. The first kappa shape index (κ1) is 39.5. The van der Waals surface area contributed by atoms with E-state index in [2.05, 4.69) is 57.9 Å². The molecule has 8 heteroatoms. The first-order valence-electron chi connectivity index (χ1n) is 20.5. The van der Waals surface area contributed by atoms with Gasteiger partial charge in [0.05, 0.1) is 46.3 Å². The van der Waals surface area contributed by atoms with Crippen LogP contribution in [0.1, 0.15) is 16.7 Å². The topological polar surface area (TPSA) is 58.9 Å². The fourth-order valence-corrected chi connectivity index (χ4v) is 8.41. The van der Waals surface area contributed by atoms with Gasteiger partial charge in [0, 0.05) is 44.2 Å². The Hall–Kier alpha value is -8.59. The highest BCUT2D eigenvalue weighted by atomic mass is 19.4. The Balaban J connectivity index is 1.30. The molecule has 10 rings (SSSR count). The predicted octanol–water partition coefficient (Wildman–Crippen LogP) is 15.3. The standard InChI is InChI=1S/C56H34F3N5/c1-35-17-19-37(20-18-35)47-31-43(55-62-50(39-11-5-3-6-12-39)33-51(63-55)40-13-7-4-8-14-40)32-48(38-21-24-44(25-22-38)56(57,58)59)54(47)64-52-16-10-9-15-46(52)49-30-41(23-26-53(49)64)42-27-36(34-60)28-45(29-42)61-2/h3-33H,1H3. The van der Waals surface area contributed by atoms with E-state index in [0.29, 0.717) is 33.8 Å². The van der Waals surface area contributed by atoms with E-state index in [0.717, 1.165) is 90.0 Å². The molecule has 5 nitrogen and oxygen atoms in total. The van der Waals surface area contributed by atoms with Crippen LogP contribution in [0.15, 0.2) is 188 Å². The molecule has 10 aromatic rings. The van der Waals surface area contributed by atoms with Crippen LogP contribution in [0.5, 0.6) is 0 Å². The van der Waals surface area contributed by atoms with Gasteiger partial charge in [-0.1, -0.05) is 127 Å². The number of hydrogen-bond donors (Lipinski definition) is 0. The van der Waals surface area contributed by atoms with Crippen molar-refractivity contribution in [3.8, 4) is 79.0 Å². The van der Waals surface area contributed by atoms with Crippen LogP contribution < -0.4 is 0 Å². The summed E-state index contributed by atoms with van der Waals surface area (Å²) in [6, 6.07) is 60.9. The maximum absolute atomic E-state index is 14.1. The van der Waals surface area contributed by atoms with Crippen LogP contribution in [0, 0.1) is 24.8 Å². The summed E-state index contributed by atoms with van der Waals surface area (Å²) in [5, 5.41) is 11.7. The number of alkyl halides is 3. The van der Waals surface area contributed by atoms with E-state index < -0.39 is 11.7 Å². The molecule has 8 aromatic carbocycles. The summed E-state index contributed by atoms with van der Waals surface area (Å²) < 4.78 is 44.6. The molecule has 0 atom stereocenters. The minimum absolute atomic E-state index is 0.370. The average molecular weight is 834 g/mol. The Kier molecular flexibility index (Phi) is 9.90. The lowest BCUT2D eigenvalue weighted by atomic mass is 9.91. The zero-order valence-electron chi connectivity index (χ0n) is 34.3. The van der Waals surface area contributed by atoms with E-state index in [-0.39, 0.29) is 0 Å². The van der Waals surface area contributed by atoms with E-state index in [1.807, 2.05) is 110 Å². The Labute approximate surface area is 367 Å². The van der Waals surface area contributed by atoms with E-state index in [9.17, 15) is 18.4 Å². The van der Waals surface area contributed by atoms with Crippen LogP contribution >= 0.6 is 0 Å². The van der Waals surface area contributed by atoms with Gasteiger partial charge < -0.3 is 4.57 Å². The summed E-state index contributed by atoms with van der Waals surface area (Å²) in [6.07, 6.45) is -4.53. The molecule has 0 saturated carbocycles. The Morgan fingerprint density at radius 1 is 0.531 bits per heavy atom. The van der Waals surface area contributed by atoms with Crippen molar-refractivity contribution in [2.24, 2.45) is 0 Å². The monoisotopic (exact) mass is 833 g/mol. The zero-order valence-corrected chi connectivity index (χ0v) is 34.3. The van der Waals surface area contributed by atoms with Gasteiger partial charge in [-0.15, -0.1) is 0 Å². The van der Waals surface area contributed by atoms with Gasteiger partial charge in [-0.05, 0) is 95.9 Å². The van der Waals surface area contributed by atoms with Crippen molar-refractivity contribution < 1.29 is 13.2 Å². The second-order valence-corrected chi connectivity index (χ2v) is 15.6. The lowest BCUT2D eigenvalue weighted by Crippen LogP contribution is -2.05. The largest absolute Gasteiger partial charge is 0.416 e. The number of fused-ring (bicyclic) bond motifs is 3. The first-order valence-corrected chi connectivity index (χ1v) is 20.5. The van der Waals surface area contributed by atoms with Crippen LogP contribution in [-0.2, 0) is 6.18 Å². The van der Waals surface area contributed by atoms with Crippen LogP contribution in [0.2, 0.25) is 0 Å². The number of nitriles is 1. The van der Waals surface area contributed by atoms with E-state index in [4.69, 9.17) is 16.5 Å². The lowest BCUT2D eigenvalue weighted by Gasteiger charge is -2.21. The second kappa shape index (κ2) is 16.0. The summed E-state index contributed by atoms with van der Waals surface area (Å²) in [6.45, 7) is 9.70. The van der Waals surface area contributed by atoms with Gasteiger partial charge in [-0.2, -0.15) is 18.4 Å². The first-order chi connectivity index (χ1) is 31.1. The summed E-state index contributed by atoms with van der Waals surface area (Å²) >= 11 is 0.